The number of amides is 3. The van der Waals surface area contributed by atoms with Crippen molar-refractivity contribution >= 4 is 35.1 Å². The van der Waals surface area contributed by atoms with Gasteiger partial charge in [0.25, 0.3) is 5.91 Å². The van der Waals surface area contributed by atoms with E-state index in [9.17, 15) is 22.8 Å². The second-order valence-corrected chi connectivity index (χ2v) is 9.04. The first kappa shape index (κ1) is 28.1. The maximum absolute atomic E-state index is 12.9. The first-order valence-electron chi connectivity index (χ1n) is 12.3. The maximum atomic E-state index is 12.9. The second kappa shape index (κ2) is 11.9. The van der Waals surface area contributed by atoms with Gasteiger partial charge in [-0.05, 0) is 73.9 Å². The van der Waals surface area contributed by atoms with E-state index in [0.717, 1.165) is 23.4 Å². The largest absolute Gasteiger partial charge is 0.416 e. The maximum Gasteiger partial charge on any atom is 0.416 e. The van der Waals surface area contributed by atoms with E-state index in [1.807, 2.05) is 37.1 Å². The van der Waals surface area contributed by atoms with Crippen LogP contribution in [0.1, 0.15) is 34.3 Å². The summed E-state index contributed by atoms with van der Waals surface area (Å²) in [7, 11) is 3.44. The summed E-state index contributed by atoms with van der Waals surface area (Å²) in [5, 5.41) is 10.9. The van der Waals surface area contributed by atoms with Gasteiger partial charge in [-0.2, -0.15) is 18.2 Å². The number of nitrogens with one attached hydrogen (secondary N) is 4. The Balaban J connectivity index is 1.40. The number of hydrogen-bond acceptors (Lipinski definition) is 6. The number of benzene rings is 2. The fourth-order valence-corrected chi connectivity index (χ4v) is 4.04. The van der Waals surface area contributed by atoms with Gasteiger partial charge < -0.3 is 26.2 Å². The molecule has 4 N–H and O–H groups in total. The highest BCUT2D eigenvalue weighted by molar-refractivity contribution is 5.96. The number of anilines is 4. The third kappa shape index (κ3) is 6.95. The van der Waals surface area contributed by atoms with Crippen LogP contribution in [0.4, 0.5) is 41.1 Å². The summed E-state index contributed by atoms with van der Waals surface area (Å²) in [5.74, 6) is 0.806. The Morgan fingerprint density at radius 2 is 1.77 bits per heavy atom. The lowest BCUT2D eigenvalue weighted by atomic mass is 10.1. The van der Waals surface area contributed by atoms with Crippen molar-refractivity contribution in [3.63, 3.8) is 0 Å². The Bertz CT molecular complexity index is 1480. The average Bonchev–Trinajstić information content (AvgIpc) is 2.93. The lowest BCUT2D eigenvalue weighted by molar-refractivity contribution is -0.137. The van der Waals surface area contributed by atoms with Crippen LogP contribution in [0.2, 0.25) is 0 Å². The highest BCUT2D eigenvalue weighted by Crippen LogP contribution is 2.31. The molecule has 0 bridgehead atoms. The molecule has 0 saturated heterocycles. The average molecular weight is 552 g/mol. The number of halogens is 3. The fourth-order valence-electron chi connectivity index (χ4n) is 4.04. The van der Waals surface area contributed by atoms with E-state index < -0.39 is 17.8 Å². The van der Waals surface area contributed by atoms with Gasteiger partial charge in [-0.1, -0.05) is 12.1 Å². The van der Waals surface area contributed by atoms with E-state index in [-0.39, 0.29) is 11.6 Å². The van der Waals surface area contributed by atoms with Crippen LogP contribution in [-0.2, 0) is 6.18 Å². The number of nitrogens with zero attached hydrogens (tertiary/aromatic N) is 3. The van der Waals surface area contributed by atoms with Crippen LogP contribution in [0.25, 0.3) is 0 Å². The first-order chi connectivity index (χ1) is 19.0. The number of aromatic nitrogens is 2. The molecule has 12 heteroatoms. The molecule has 4 rings (SSSR count). The normalized spacial score (nSPS) is 13.1. The van der Waals surface area contributed by atoms with Crippen molar-refractivity contribution in [1.82, 2.24) is 20.6 Å². The third-order valence-corrected chi connectivity index (χ3v) is 6.23. The molecule has 1 aliphatic rings. The van der Waals surface area contributed by atoms with Crippen molar-refractivity contribution in [2.75, 3.05) is 29.6 Å². The fraction of sp³-hybridized carbons (Fsp3) is 0.214. The molecular weight excluding hydrogens is 523 g/mol. The van der Waals surface area contributed by atoms with Gasteiger partial charge in [0.15, 0.2) is 0 Å². The molecule has 0 unspecified atom stereocenters. The predicted molar refractivity (Wildman–Crippen MR) is 147 cm³/mol. The van der Waals surface area contributed by atoms with E-state index in [0.29, 0.717) is 41.6 Å². The molecule has 208 valence electrons. The van der Waals surface area contributed by atoms with Gasteiger partial charge in [0.05, 0.1) is 5.56 Å². The lowest BCUT2D eigenvalue weighted by Crippen LogP contribution is -2.29. The molecule has 1 aromatic heterocycles. The number of aryl methyl sites for hydroxylation is 1. The standard InChI is InChI=1S/C28H28F3N7O2/c1-17-7-8-21(16-23(17)25(39)32-2)34-26-33-14-13-24(37-26)38(3)22-11-9-19(10-12-22)35-27(40)36-20-6-4-5-18(15-20)28(29,30)31/h4-9,11,13-16H,10,12H2,1-3H3,(H,32,39)(H,33,34,37)(H2,35,36,40). The molecule has 3 amide bonds. The monoisotopic (exact) mass is 551 g/mol. The number of urea groups is 1. The smallest absolute Gasteiger partial charge is 0.355 e. The number of alkyl halides is 3. The Morgan fingerprint density at radius 1 is 0.975 bits per heavy atom. The number of carbonyl (C=O) groups excluding carboxylic acids is 2. The number of hydrogen-bond donors (Lipinski definition) is 4. The van der Waals surface area contributed by atoms with E-state index in [1.54, 1.807) is 31.5 Å². The first-order valence-corrected chi connectivity index (χ1v) is 12.3. The zero-order chi connectivity index (χ0) is 28.9. The van der Waals surface area contributed by atoms with Crippen molar-refractivity contribution in [2.24, 2.45) is 0 Å². The van der Waals surface area contributed by atoms with Crippen molar-refractivity contribution in [2.45, 2.75) is 25.9 Å². The minimum Gasteiger partial charge on any atom is -0.355 e. The molecule has 2 aromatic carbocycles. The minimum absolute atomic E-state index is 0.0448. The van der Waals surface area contributed by atoms with Gasteiger partial charge in [-0.25, -0.2) is 9.78 Å². The predicted octanol–water partition coefficient (Wildman–Crippen LogP) is 5.73. The van der Waals surface area contributed by atoms with Gasteiger partial charge in [-0.15, -0.1) is 0 Å². The molecule has 0 fully saturated rings. The van der Waals surface area contributed by atoms with Crippen LogP contribution in [0.15, 0.2) is 78.3 Å². The number of rotatable bonds is 7. The topological polar surface area (TPSA) is 111 Å². The highest BCUT2D eigenvalue weighted by Gasteiger charge is 2.30. The van der Waals surface area contributed by atoms with Crippen molar-refractivity contribution in [1.29, 1.82) is 0 Å². The molecule has 40 heavy (non-hydrogen) atoms. The van der Waals surface area contributed by atoms with Gasteiger partial charge in [0.2, 0.25) is 5.95 Å². The molecule has 0 radical (unpaired) electrons. The Hall–Kier alpha value is -4.87. The minimum atomic E-state index is -4.50. The molecule has 0 atom stereocenters. The van der Waals surface area contributed by atoms with E-state index >= 15 is 0 Å². The molecule has 1 heterocycles. The summed E-state index contributed by atoms with van der Waals surface area (Å²) in [4.78, 5) is 35.2. The molecular formula is C28H28F3N7O2. The quantitative estimate of drug-likeness (QED) is 0.299. The summed E-state index contributed by atoms with van der Waals surface area (Å²) in [6.45, 7) is 1.86. The van der Waals surface area contributed by atoms with Crippen LogP contribution in [0, 0.1) is 6.92 Å². The molecule has 0 saturated carbocycles. The molecule has 1 aliphatic carbocycles. The summed E-state index contributed by atoms with van der Waals surface area (Å²) in [6.07, 6.45) is 1.81. The van der Waals surface area contributed by atoms with Crippen LogP contribution in [0.3, 0.4) is 0 Å². The van der Waals surface area contributed by atoms with Crippen LogP contribution < -0.4 is 26.2 Å². The molecule has 3 aromatic rings. The lowest BCUT2D eigenvalue weighted by Gasteiger charge is -2.25. The summed E-state index contributed by atoms with van der Waals surface area (Å²) >= 11 is 0. The summed E-state index contributed by atoms with van der Waals surface area (Å²) in [5.41, 5.74) is 2.83. The van der Waals surface area contributed by atoms with Crippen LogP contribution >= 0.6 is 0 Å². The van der Waals surface area contributed by atoms with Crippen molar-refractivity contribution < 1.29 is 22.8 Å². The number of allylic oxidation sites excluding steroid dienone is 4. The molecule has 0 spiro atoms. The third-order valence-electron chi connectivity index (χ3n) is 6.23. The highest BCUT2D eigenvalue weighted by atomic mass is 19.4. The number of carbonyl (C=O) groups is 2. The van der Waals surface area contributed by atoms with Crippen molar-refractivity contribution in [3.8, 4) is 0 Å². The molecule has 9 nitrogen and oxygen atoms in total. The van der Waals surface area contributed by atoms with E-state index in [1.165, 1.54) is 12.1 Å². The Morgan fingerprint density at radius 3 is 2.48 bits per heavy atom. The van der Waals surface area contributed by atoms with E-state index in [4.69, 9.17) is 0 Å². The van der Waals surface area contributed by atoms with Gasteiger partial charge in [0, 0.05) is 48.6 Å². The van der Waals surface area contributed by atoms with E-state index in [2.05, 4.69) is 31.2 Å². The zero-order valence-electron chi connectivity index (χ0n) is 22.1. The van der Waals surface area contributed by atoms with Gasteiger partial charge in [0.1, 0.15) is 5.82 Å². The molecule has 0 aliphatic heterocycles. The summed E-state index contributed by atoms with van der Waals surface area (Å²) in [6, 6.07) is 11.0. The Labute approximate surface area is 229 Å². The van der Waals surface area contributed by atoms with Crippen LogP contribution in [0.5, 0.6) is 0 Å². The van der Waals surface area contributed by atoms with Gasteiger partial charge >= 0.3 is 12.2 Å². The van der Waals surface area contributed by atoms with Crippen LogP contribution in [-0.4, -0.2) is 36.0 Å². The second-order valence-electron chi connectivity index (χ2n) is 9.04. The van der Waals surface area contributed by atoms with Crippen molar-refractivity contribution in [3.05, 3.63) is 95.0 Å². The van der Waals surface area contributed by atoms with Gasteiger partial charge in [-0.3, -0.25) is 4.79 Å². The zero-order valence-corrected chi connectivity index (χ0v) is 22.1. The SMILES string of the molecule is CNC(=O)c1cc(Nc2nccc(N(C)C3=CC=C(NC(=O)Nc4cccc(C(F)(F)F)c4)CC3)n2)ccc1C. The summed E-state index contributed by atoms with van der Waals surface area (Å²) < 4.78 is 38.7. The Kier molecular flexibility index (Phi) is 8.37.